The number of amides is 1. The highest BCUT2D eigenvalue weighted by atomic mass is 16.4. The van der Waals surface area contributed by atoms with Gasteiger partial charge < -0.3 is 16.2 Å². The maximum Gasteiger partial charge on any atom is 0.308 e. The fourth-order valence-corrected chi connectivity index (χ4v) is 1.24. The predicted molar refractivity (Wildman–Crippen MR) is 61.9 cm³/mol. The van der Waals surface area contributed by atoms with E-state index in [0.29, 0.717) is 12.8 Å². The number of nitrogens with two attached hydrogens (primary N) is 1. The highest BCUT2D eigenvalue weighted by Gasteiger charge is 2.27. The molecule has 1 amide bonds. The van der Waals surface area contributed by atoms with E-state index >= 15 is 0 Å². The maximum atomic E-state index is 11.6. The Kier molecular flexibility index (Phi) is 6.03. The highest BCUT2D eigenvalue weighted by molar-refractivity contribution is 5.85. The van der Waals surface area contributed by atoms with Crippen LogP contribution < -0.4 is 11.1 Å². The second kappa shape index (κ2) is 6.48. The van der Waals surface area contributed by atoms with Gasteiger partial charge in [0.25, 0.3) is 0 Å². The van der Waals surface area contributed by atoms with E-state index in [2.05, 4.69) is 5.32 Å². The van der Waals surface area contributed by atoms with Gasteiger partial charge in [0.05, 0.1) is 11.5 Å². The van der Waals surface area contributed by atoms with Crippen LogP contribution in [0, 0.1) is 5.92 Å². The summed E-state index contributed by atoms with van der Waals surface area (Å²) in [5.41, 5.74) is 4.81. The molecule has 0 aliphatic heterocycles. The van der Waals surface area contributed by atoms with Crippen LogP contribution in [0.3, 0.4) is 0 Å². The van der Waals surface area contributed by atoms with E-state index in [-0.39, 0.29) is 12.5 Å². The third-order valence-electron chi connectivity index (χ3n) is 2.75. The highest BCUT2D eigenvalue weighted by Crippen LogP contribution is 2.08. The Bertz CT molecular complexity index is 252. The fourth-order valence-electron chi connectivity index (χ4n) is 1.24. The zero-order valence-corrected chi connectivity index (χ0v) is 10.2. The van der Waals surface area contributed by atoms with Gasteiger partial charge in [-0.3, -0.25) is 9.59 Å². The molecule has 0 heterocycles. The Morgan fingerprint density at radius 1 is 1.44 bits per heavy atom. The summed E-state index contributed by atoms with van der Waals surface area (Å²) in [5, 5.41) is 11.5. The molecule has 5 nitrogen and oxygen atoms in total. The first-order valence-corrected chi connectivity index (χ1v) is 5.65. The molecule has 0 spiro atoms. The van der Waals surface area contributed by atoms with Gasteiger partial charge >= 0.3 is 5.97 Å². The molecular formula is C11H22N2O3. The lowest BCUT2D eigenvalue weighted by Gasteiger charge is -2.22. The molecule has 0 aromatic rings. The number of hydrogen-bond donors (Lipinski definition) is 3. The number of carboxylic acids is 1. The molecule has 0 rings (SSSR count). The second-order valence-corrected chi connectivity index (χ2v) is 4.30. The molecule has 0 aromatic heterocycles. The van der Waals surface area contributed by atoms with Crippen molar-refractivity contribution >= 4 is 11.9 Å². The third kappa shape index (κ3) is 4.61. The first-order valence-electron chi connectivity index (χ1n) is 5.65. The normalized spacial score (nSPS) is 16.2. The Balaban J connectivity index is 4.21. The number of carbonyl (C=O) groups excluding carboxylic acids is 1. The first-order chi connectivity index (χ1) is 7.35. The fraction of sp³-hybridized carbons (Fsp3) is 0.818. The summed E-state index contributed by atoms with van der Waals surface area (Å²) in [6.07, 6.45) is 1.86. The van der Waals surface area contributed by atoms with Gasteiger partial charge in [0.15, 0.2) is 0 Å². The van der Waals surface area contributed by atoms with Gasteiger partial charge in [0, 0.05) is 6.54 Å². The van der Waals surface area contributed by atoms with Crippen LogP contribution in [0.1, 0.15) is 40.0 Å². The quantitative estimate of drug-likeness (QED) is 0.601. The summed E-state index contributed by atoms with van der Waals surface area (Å²) in [4.78, 5) is 22.4. The Morgan fingerprint density at radius 3 is 2.38 bits per heavy atom. The summed E-state index contributed by atoms with van der Waals surface area (Å²) in [6, 6.07) is 0. The van der Waals surface area contributed by atoms with Gasteiger partial charge in [-0.2, -0.15) is 0 Å². The summed E-state index contributed by atoms with van der Waals surface area (Å²) in [5.74, 6) is -1.70. The van der Waals surface area contributed by atoms with Crippen molar-refractivity contribution in [2.45, 2.75) is 45.6 Å². The van der Waals surface area contributed by atoms with Crippen molar-refractivity contribution in [1.82, 2.24) is 5.32 Å². The molecule has 16 heavy (non-hydrogen) atoms. The van der Waals surface area contributed by atoms with Crippen molar-refractivity contribution < 1.29 is 14.7 Å². The zero-order chi connectivity index (χ0) is 12.8. The lowest BCUT2D eigenvalue weighted by Crippen LogP contribution is -2.52. The van der Waals surface area contributed by atoms with Crippen LogP contribution in [0.25, 0.3) is 0 Å². The molecule has 0 fully saturated rings. The summed E-state index contributed by atoms with van der Waals surface area (Å²) >= 11 is 0. The Hall–Kier alpha value is -1.10. The van der Waals surface area contributed by atoms with Crippen molar-refractivity contribution in [3.05, 3.63) is 0 Å². The van der Waals surface area contributed by atoms with Gasteiger partial charge in [-0.25, -0.2) is 0 Å². The van der Waals surface area contributed by atoms with E-state index in [9.17, 15) is 9.59 Å². The van der Waals surface area contributed by atoms with Crippen LogP contribution in [-0.2, 0) is 9.59 Å². The van der Waals surface area contributed by atoms with Crippen LogP contribution in [0.2, 0.25) is 0 Å². The summed E-state index contributed by atoms with van der Waals surface area (Å²) in [6.45, 7) is 5.52. The minimum absolute atomic E-state index is 0.148. The number of nitrogens with one attached hydrogen (secondary N) is 1. The molecule has 2 atom stereocenters. The van der Waals surface area contributed by atoms with Crippen LogP contribution in [0.5, 0.6) is 0 Å². The zero-order valence-electron chi connectivity index (χ0n) is 10.2. The van der Waals surface area contributed by atoms with Crippen molar-refractivity contribution in [1.29, 1.82) is 0 Å². The van der Waals surface area contributed by atoms with Crippen molar-refractivity contribution in [2.24, 2.45) is 11.7 Å². The molecule has 2 unspecified atom stereocenters. The molecule has 0 saturated carbocycles. The molecular weight excluding hydrogens is 208 g/mol. The van der Waals surface area contributed by atoms with Gasteiger partial charge in [-0.1, -0.05) is 20.3 Å². The van der Waals surface area contributed by atoms with Gasteiger partial charge in [-0.05, 0) is 19.8 Å². The maximum absolute atomic E-state index is 11.6. The van der Waals surface area contributed by atoms with E-state index in [4.69, 9.17) is 10.8 Å². The van der Waals surface area contributed by atoms with E-state index in [1.807, 2.05) is 13.8 Å². The van der Waals surface area contributed by atoms with Crippen LogP contribution in [0.4, 0.5) is 0 Å². The van der Waals surface area contributed by atoms with Crippen LogP contribution >= 0.6 is 0 Å². The Labute approximate surface area is 96.4 Å². The van der Waals surface area contributed by atoms with Crippen LogP contribution in [-0.4, -0.2) is 29.1 Å². The lowest BCUT2D eigenvalue weighted by molar-refractivity contribution is -0.142. The van der Waals surface area contributed by atoms with Crippen molar-refractivity contribution in [3.8, 4) is 0 Å². The van der Waals surface area contributed by atoms with Crippen molar-refractivity contribution in [3.63, 3.8) is 0 Å². The first kappa shape index (κ1) is 14.9. The van der Waals surface area contributed by atoms with Gasteiger partial charge in [-0.15, -0.1) is 0 Å². The third-order valence-corrected chi connectivity index (χ3v) is 2.75. The number of rotatable bonds is 7. The number of carboxylic acid groups (broad SMARTS) is 1. The van der Waals surface area contributed by atoms with E-state index < -0.39 is 17.4 Å². The van der Waals surface area contributed by atoms with Gasteiger partial charge in [0.1, 0.15) is 0 Å². The van der Waals surface area contributed by atoms with Gasteiger partial charge in [0.2, 0.25) is 5.91 Å². The number of hydrogen-bond acceptors (Lipinski definition) is 3. The average molecular weight is 230 g/mol. The molecule has 0 radical (unpaired) electrons. The van der Waals surface area contributed by atoms with E-state index in [1.165, 1.54) is 0 Å². The Morgan fingerprint density at radius 2 is 2.00 bits per heavy atom. The average Bonchev–Trinajstić information content (AvgIpc) is 2.23. The number of aliphatic carboxylic acids is 1. The molecule has 0 aromatic carbocycles. The minimum Gasteiger partial charge on any atom is -0.481 e. The molecule has 94 valence electrons. The lowest BCUT2D eigenvalue weighted by atomic mass is 9.98. The molecule has 0 bridgehead atoms. The molecule has 5 heteroatoms. The standard InChI is InChI=1S/C11H22N2O3/c1-4-6-8(9(14)15)7-13-10(16)11(3,12)5-2/h8H,4-7,12H2,1-3H3,(H,13,16)(H,14,15). The van der Waals surface area contributed by atoms with E-state index in [0.717, 1.165) is 6.42 Å². The van der Waals surface area contributed by atoms with Crippen molar-refractivity contribution in [2.75, 3.05) is 6.54 Å². The molecule has 4 N–H and O–H groups in total. The summed E-state index contributed by atoms with van der Waals surface area (Å²) < 4.78 is 0. The largest absolute Gasteiger partial charge is 0.481 e. The second-order valence-electron chi connectivity index (χ2n) is 4.30. The smallest absolute Gasteiger partial charge is 0.308 e. The minimum atomic E-state index is -0.921. The number of carbonyl (C=O) groups is 2. The SMILES string of the molecule is CCCC(CNC(=O)C(C)(N)CC)C(=O)O. The topological polar surface area (TPSA) is 92.4 Å². The summed E-state index contributed by atoms with van der Waals surface area (Å²) in [7, 11) is 0. The molecule has 0 aliphatic carbocycles. The molecule has 0 saturated heterocycles. The van der Waals surface area contributed by atoms with Crippen LogP contribution in [0.15, 0.2) is 0 Å². The molecule has 0 aliphatic rings. The van der Waals surface area contributed by atoms with E-state index in [1.54, 1.807) is 6.92 Å². The predicted octanol–water partition coefficient (Wildman–Crippen LogP) is 0.731. The monoisotopic (exact) mass is 230 g/mol.